The van der Waals surface area contributed by atoms with E-state index in [0.29, 0.717) is 29.7 Å². The van der Waals surface area contributed by atoms with Gasteiger partial charge in [0.25, 0.3) is 0 Å². The molecule has 9 nitrogen and oxygen atoms in total. The summed E-state index contributed by atoms with van der Waals surface area (Å²) in [7, 11) is 0. The largest absolute Gasteiger partial charge is 0.485 e. The number of esters is 4. The molecule has 0 N–H and O–H groups in total. The second-order valence-corrected chi connectivity index (χ2v) is 7.09. The van der Waals surface area contributed by atoms with Gasteiger partial charge >= 0.3 is 23.9 Å². The first-order chi connectivity index (χ1) is 15.1. The van der Waals surface area contributed by atoms with Crippen LogP contribution in [0, 0.1) is 0 Å². The Morgan fingerprint density at radius 2 is 1.31 bits per heavy atom. The summed E-state index contributed by atoms with van der Waals surface area (Å²) < 4.78 is 27.2. The highest BCUT2D eigenvalue weighted by molar-refractivity contribution is 5.74. The zero-order chi connectivity index (χ0) is 23.4. The molecule has 1 heterocycles. The Morgan fingerprint density at radius 3 is 1.84 bits per heavy atom. The molecule has 0 amide bonds. The van der Waals surface area contributed by atoms with Gasteiger partial charge in [-0.15, -0.1) is 0 Å². The number of carbonyl (C=O) groups excluding carboxylic acids is 4. The average molecular weight is 442 g/mol. The molecule has 0 unspecified atom stereocenters. The third-order valence-electron chi connectivity index (χ3n) is 4.44. The molecule has 0 saturated heterocycles. The molecule has 3 rings (SSSR count). The zero-order valence-corrected chi connectivity index (χ0v) is 18.1. The fourth-order valence-corrected chi connectivity index (χ4v) is 3.44. The lowest BCUT2D eigenvalue weighted by atomic mass is 9.95. The molecule has 0 saturated carbocycles. The van der Waals surface area contributed by atoms with Crippen LogP contribution in [0.25, 0.3) is 0 Å². The number of carbonyl (C=O) groups is 4. The smallest absolute Gasteiger partial charge is 0.308 e. The van der Waals surface area contributed by atoms with E-state index in [1.54, 1.807) is 18.2 Å². The Labute approximate surface area is 184 Å². The van der Waals surface area contributed by atoms with E-state index in [1.165, 1.54) is 39.8 Å². The van der Waals surface area contributed by atoms with Crippen LogP contribution in [0.4, 0.5) is 0 Å². The van der Waals surface area contributed by atoms with Gasteiger partial charge in [0.1, 0.15) is 34.9 Å². The minimum atomic E-state index is -0.662. The Hall–Kier alpha value is -3.88. The van der Waals surface area contributed by atoms with Gasteiger partial charge in [0.05, 0.1) is 5.56 Å². The summed E-state index contributed by atoms with van der Waals surface area (Å²) in [5.74, 6) is -1.10. The summed E-state index contributed by atoms with van der Waals surface area (Å²) >= 11 is 0. The highest BCUT2D eigenvalue weighted by Crippen LogP contribution is 2.46. The molecule has 0 spiro atoms. The number of ether oxygens (including phenoxy) is 5. The second-order valence-electron chi connectivity index (χ2n) is 7.09. The highest BCUT2D eigenvalue weighted by Gasteiger charge is 2.31. The first kappa shape index (κ1) is 22.8. The van der Waals surface area contributed by atoms with Crippen molar-refractivity contribution in [1.29, 1.82) is 0 Å². The molecule has 1 atom stereocenters. The minimum Gasteiger partial charge on any atom is -0.485 e. The van der Waals surface area contributed by atoms with Crippen LogP contribution in [0.3, 0.4) is 0 Å². The van der Waals surface area contributed by atoms with Crippen LogP contribution in [-0.2, 0) is 25.6 Å². The fourth-order valence-electron chi connectivity index (χ4n) is 3.44. The van der Waals surface area contributed by atoms with Crippen LogP contribution < -0.4 is 23.7 Å². The normalized spacial score (nSPS) is 14.4. The summed E-state index contributed by atoms with van der Waals surface area (Å²) in [5, 5.41) is 0. The van der Waals surface area contributed by atoms with Crippen molar-refractivity contribution in [2.45, 2.75) is 46.6 Å². The third-order valence-corrected chi connectivity index (χ3v) is 4.44. The van der Waals surface area contributed by atoms with E-state index in [4.69, 9.17) is 23.7 Å². The predicted octanol–water partition coefficient (Wildman–Crippen LogP) is 3.45. The first-order valence-electron chi connectivity index (χ1n) is 9.84. The van der Waals surface area contributed by atoms with Crippen LogP contribution in [0.2, 0.25) is 0 Å². The van der Waals surface area contributed by atoms with Crippen LogP contribution in [-0.4, -0.2) is 23.9 Å². The van der Waals surface area contributed by atoms with Crippen molar-refractivity contribution in [2.75, 3.05) is 0 Å². The molecule has 0 aliphatic carbocycles. The van der Waals surface area contributed by atoms with Crippen LogP contribution >= 0.6 is 0 Å². The first-order valence-corrected chi connectivity index (χ1v) is 9.84. The molecular formula is C23H22O9. The minimum absolute atomic E-state index is 0.140. The number of benzene rings is 2. The Morgan fingerprint density at radius 1 is 0.781 bits per heavy atom. The van der Waals surface area contributed by atoms with E-state index in [1.807, 2.05) is 0 Å². The molecule has 168 valence electrons. The Kier molecular flexibility index (Phi) is 6.77. The van der Waals surface area contributed by atoms with E-state index in [-0.39, 0.29) is 23.0 Å². The average Bonchev–Trinajstić information content (AvgIpc) is 2.66. The summed E-state index contributed by atoms with van der Waals surface area (Å²) in [6.07, 6.45) is 0.169. The molecule has 0 aromatic heterocycles. The highest BCUT2D eigenvalue weighted by atomic mass is 16.6. The van der Waals surface area contributed by atoms with E-state index in [2.05, 4.69) is 0 Å². The van der Waals surface area contributed by atoms with Crippen molar-refractivity contribution in [1.82, 2.24) is 0 Å². The van der Waals surface area contributed by atoms with Crippen molar-refractivity contribution in [3.8, 4) is 28.7 Å². The molecule has 0 radical (unpaired) electrons. The lowest BCUT2D eigenvalue weighted by Gasteiger charge is -2.29. The number of rotatable bonds is 5. The van der Waals surface area contributed by atoms with Crippen molar-refractivity contribution >= 4 is 23.9 Å². The Bertz CT molecular complexity index is 1050. The van der Waals surface area contributed by atoms with Crippen molar-refractivity contribution in [3.05, 3.63) is 41.5 Å². The quantitative estimate of drug-likeness (QED) is 0.507. The molecule has 9 heteroatoms. The fraction of sp³-hybridized carbons (Fsp3) is 0.304. The van der Waals surface area contributed by atoms with Gasteiger partial charge in [-0.2, -0.15) is 0 Å². The number of hydrogen-bond donors (Lipinski definition) is 0. The van der Waals surface area contributed by atoms with Gasteiger partial charge in [0, 0.05) is 45.4 Å². The third kappa shape index (κ3) is 5.42. The summed E-state index contributed by atoms with van der Waals surface area (Å²) in [5.41, 5.74) is 1.00. The second kappa shape index (κ2) is 9.51. The standard InChI is InChI=1S/C23H22O9/c1-12(24)28-16-10-21(31-15(4)27)17-8-9-20(32-22(17)11-16)23-18(29-13(2)25)6-5-7-19(23)30-14(3)26/h5-7,10-11,20H,8-9H2,1-4H3/t20-/m1/s1. The van der Waals surface area contributed by atoms with Gasteiger partial charge in [-0.3, -0.25) is 19.2 Å². The van der Waals surface area contributed by atoms with Gasteiger partial charge < -0.3 is 23.7 Å². The van der Waals surface area contributed by atoms with Crippen molar-refractivity contribution in [2.24, 2.45) is 0 Å². The van der Waals surface area contributed by atoms with E-state index in [0.717, 1.165) is 0 Å². The monoisotopic (exact) mass is 442 g/mol. The van der Waals surface area contributed by atoms with Gasteiger partial charge in [-0.05, 0) is 25.0 Å². The molecule has 2 aromatic rings. The zero-order valence-electron chi connectivity index (χ0n) is 18.1. The number of fused-ring (bicyclic) bond motifs is 1. The van der Waals surface area contributed by atoms with E-state index >= 15 is 0 Å². The predicted molar refractivity (Wildman–Crippen MR) is 110 cm³/mol. The lowest BCUT2D eigenvalue weighted by molar-refractivity contribution is -0.133. The molecule has 32 heavy (non-hydrogen) atoms. The van der Waals surface area contributed by atoms with E-state index < -0.39 is 30.0 Å². The van der Waals surface area contributed by atoms with E-state index in [9.17, 15) is 19.2 Å². The SMILES string of the molecule is CC(=O)Oc1cc(OC(C)=O)c2c(c1)O[C@@H](c1c(OC(C)=O)cccc1OC(C)=O)CC2. The van der Waals surface area contributed by atoms with Crippen LogP contribution in [0.15, 0.2) is 30.3 Å². The van der Waals surface area contributed by atoms with Crippen molar-refractivity contribution in [3.63, 3.8) is 0 Å². The van der Waals surface area contributed by atoms with Gasteiger partial charge in [-0.25, -0.2) is 0 Å². The molecule has 0 bridgehead atoms. The lowest BCUT2D eigenvalue weighted by Crippen LogP contribution is -2.20. The maximum Gasteiger partial charge on any atom is 0.308 e. The topological polar surface area (TPSA) is 114 Å². The molecule has 0 fully saturated rings. The van der Waals surface area contributed by atoms with Crippen LogP contribution in [0.5, 0.6) is 28.7 Å². The molecule has 1 aliphatic rings. The Balaban J connectivity index is 2.06. The van der Waals surface area contributed by atoms with Gasteiger partial charge in [0.15, 0.2) is 0 Å². The number of hydrogen-bond acceptors (Lipinski definition) is 9. The molecular weight excluding hydrogens is 420 g/mol. The summed E-state index contributed by atoms with van der Waals surface area (Å²) in [4.78, 5) is 46.2. The maximum atomic E-state index is 11.6. The maximum absolute atomic E-state index is 11.6. The van der Waals surface area contributed by atoms with Crippen LogP contribution in [0.1, 0.15) is 51.3 Å². The molecule has 2 aromatic carbocycles. The van der Waals surface area contributed by atoms with Gasteiger partial charge in [-0.1, -0.05) is 6.07 Å². The van der Waals surface area contributed by atoms with Crippen molar-refractivity contribution < 1.29 is 42.9 Å². The summed E-state index contributed by atoms with van der Waals surface area (Å²) in [6, 6.07) is 7.69. The molecule has 1 aliphatic heterocycles. The summed E-state index contributed by atoms with van der Waals surface area (Å²) in [6.45, 7) is 5.03. The van der Waals surface area contributed by atoms with Gasteiger partial charge in [0.2, 0.25) is 0 Å².